The molecule has 9 heteroatoms. The van der Waals surface area contributed by atoms with Crippen LogP contribution in [-0.2, 0) is 10.0 Å². The summed E-state index contributed by atoms with van der Waals surface area (Å²) in [7, 11) is -3.64. The molecule has 0 bridgehead atoms. The van der Waals surface area contributed by atoms with E-state index in [0.29, 0.717) is 24.7 Å². The fraction of sp³-hybridized carbons (Fsp3) is 0.222. The van der Waals surface area contributed by atoms with Crippen LogP contribution in [0.2, 0.25) is 0 Å². The predicted molar refractivity (Wildman–Crippen MR) is 107 cm³/mol. The first-order valence-corrected chi connectivity index (χ1v) is 11.3. The molecule has 1 aromatic heterocycles. The molecule has 4 rings (SSSR count). The van der Waals surface area contributed by atoms with Crippen molar-refractivity contribution in [2.75, 3.05) is 6.54 Å². The van der Waals surface area contributed by atoms with E-state index in [1.807, 2.05) is 24.3 Å². The van der Waals surface area contributed by atoms with Crippen LogP contribution in [0.25, 0.3) is 11.4 Å². The molecule has 6 nitrogen and oxygen atoms in total. The van der Waals surface area contributed by atoms with Crippen molar-refractivity contribution < 1.29 is 12.9 Å². The number of sulfonamides is 1. The summed E-state index contributed by atoms with van der Waals surface area (Å²) in [4.78, 5) is 4.71. The third kappa shape index (κ3) is 3.73. The first-order chi connectivity index (χ1) is 12.9. The van der Waals surface area contributed by atoms with Crippen molar-refractivity contribution >= 4 is 41.9 Å². The normalized spacial score (nSPS) is 18.1. The summed E-state index contributed by atoms with van der Waals surface area (Å²) in [6, 6.07) is 13.7. The Balaban J connectivity index is 1.64. The van der Waals surface area contributed by atoms with Gasteiger partial charge in [-0.3, -0.25) is 0 Å². The Morgan fingerprint density at radius 1 is 1.00 bits per heavy atom. The molecule has 1 saturated heterocycles. The molecule has 0 spiro atoms. The van der Waals surface area contributed by atoms with Gasteiger partial charge in [-0.25, -0.2) is 8.42 Å². The van der Waals surface area contributed by atoms with Gasteiger partial charge in [0.2, 0.25) is 21.7 Å². The molecule has 2 heterocycles. The lowest BCUT2D eigenvalue weighted by molar-refractivity contribution is 0.290. The van der Waals surface area contributed by atoms with Gasteiger partial charge in [-0.15, -0.1) is 0 Å². The molecular weight excluding hydrogens is 498 g/mol. The molecule has 140 valence electrons. The Labute approximate surface area is 173 Å². The lowest BCUT2D eigenvalue weighted by atomic mass is 10.2. The zero-order chi connectivity index (χ0) is 19.0. The van der Waals surface area contributed by atoms with Crippen LogP contribution in [0.1, 0.15) is 24.8 Å². The first-order valence-electron chi connectivity index (χ1n) is 8.32. The van der Waals surface area contributed by atoms with E-state index in [1.165, 1.54) is 4.31 Å². The van der Waals surface area contributed by atoms with E-state index in [0.717, 1.165) is 20.9 Å². The maximum absolute atomic E-state index is 13.1. The second-order valence-corrected chi connectivity index (χ2v) is 9.91. The molecule has 3 aromatic rings. The van der Waals surface area contributed by atoms with Crippen LogP contribution in [0, 0.1) is 0 Å². The Hall–Kier alpha value is -1.55. The monoisotopic (exact) mass is 511 g/mol. The SMILES string of the molecule is O=S(=O)(c1ccc(Br)cc1)N1CCCC1c1nc(-c2ccc(Br)cc2)no1. The zero-order valence-corrected chi connectivity index (χ0v) is 18.0. The molecular formula is C18H15Br2N3O3S. The summed E-state index contributed by atoms with van der Waals surface area (Å²) in [5, 5.41) is 4.03. The Bertz CT molecular complexity index is 1050. The smallest absolute Gasteiger partial charge is 0.245 e. The van der Waals surface area contributed by atoms with E-state index in [4.69, 9.17) is 4.52 Å². The molecule has 0 saturated carbocycles. The minimum atomic E-state index is -3.64. The van der Waals surface area contributed by atoms with Gasteiger partial charge in [-0.05, 0) is 61.4 Å². The molecule has 0 radical (unpaired) electrons. The van der Waals surface area contributed by atoms with E-state index in [-0.39, 0.29) is 4.90 Å². The summed E-state index contributed by atoms with van der Waals surface area (Å²) < 4.78 is 34.8. The Kier molecular flexibility index (Phi) is 5.19. The molecule has 1 fully saturated rings. The number of nitrogens with zero attached hydrogens (tertiary/aromatic N) is 3. The topological polar surface area (TPSA) is 76.3 Å². The quantitative estimate of drug-likeness (QED) is 0.502. The highest BCUT2D eigenvalue weighted by Gasteiger charge is 2.39. The number of hydrogen-bond acceptors (Lipinski definition) is 5. The maximum atomic E-state index is 13.1. The van der Waals surface area contributed by atoms with Crippen molar-refractivity contribution in [2.24, 2.45) is 0 Å². The van der Waals surface area contributed by atoms with Crippen molar-refractivity contribution in [1.82, 2.24) is 14.4 Å². The number of hydrogen-bond donors (Lipinski definition) is 0. The molecule has 1 unspecified atom stereocenters. The van der Waals surface area contributed by atoms with Crippen LogP contribution in [0.5, 0.6) is 0 Å². The number of aromatic nitrogens is 2. The number of benzene rings is 2. The Morgan fingerprint density at radius 3 is 2.30 bits per heavy atom. The fourth-order valence-corrected chi connectivity index (χ4v) is 5.28. The van der Waals surface area contributed by atoms with Crippen LogP contribution in [0.4, 0.5) is 0 Å². The fourth-order valence-electron chi connectivity index (χ4n) is 3.10. The summed E-state index contributed by atoms with van der Waals surface area (Å²) >= 11 is 6.72. The highest BCUT2D eigenvalue weighted by atomic mass is 79.9. The average molecular weight is 513 g/mol. The van der Waals surface area contributed by atoms with Gasteiger partial charge >= 0.3 is 0 Å². The average Bonchev–Trinajstić information content (AvgIpc) is 3.32. The highest BCUT2D eigenvalue weighted by Crippen LogP contribution is 2.36. The van der Waals surface area contributed by atoms with Gasteiger partial charge in [0.25, 0.3) is 0 Å². The van der Waals surface area contributed by atoms with E-state index in [2.05, 4.69) is 42.0 Å². The third-order valence-corrected chi connectivity index (χ3v) is 7.43. The molecule has 1 aliphatic heterocycles. The van der Waals surface area contributed by atoms with E-state index in [9.17, 15) is 8.42 Å². The molecule has 1 aliphatic rings. The van der Waals surface area contributed by atoms with Crippen LogP contribution < -0.4 is 0 Å². The second-order valence-electron chi connectivity index (χ2n) is 6.19. The molecule has 1 atom stereocenters. The zero-order valence-electron chi connectivity index (χ0n) is 14.0. The molecule has 27 heavy (non-hydrogen) atoms. The minimum Gasteiger partial charge on any atom is -0.337 e. The van der Waals surface area contributed by atoms with E-state index >= 15 is 0 Å². The van der Waals surface area contributed by atoms with E-state index < -0.39 is 16.1 Å². The summed E-state index contributed by atoms with van der Waals surface area (Å²) in [6.07, 6.45) is 1.40. The molecule has 2 aromatic carbocycles. The Morgan fingerprint density at radius 2 is 1.63 bits per heavy atom. The summed E-state index contributed by atoms with van der Waals surface area (Å²) in [5.41, 5.74) is 0.813. The standard InChI is InChI=1S/C18H15Br2N3O3S/c19-13-5-3-12(4-6-13)17-21-18(26-22-17)16-2-1-11-23(16)27(24,25)15-9-7-14(20)8-10-15/h3-10,16H,1-2,11H2. The largest absolute Gasteiger partial charge is 0.337 e. The van der Waals surface area contributed by atoms with E-state index in [1.54, 1.807) is 24.3 Å². The van der Waals surface area contributed by atoms with Gasteiger partial charge in [0.05, 0.1) is 4.90 Å². The molecule has 0 aliphatic carbocycles. The molecule has 0 amide bonds. The minimum absolute atomic E-state index is 0.255. The lowest BCUT2D eigenvalue weighted by Crippen LogP contribution is -2.30. The predicted octanol–water partition coefficient (Wildman–Crippen LogP) is 4.79. The van der Waals surface area contributed by atoms with Crippen LogP contribution in [-0.4, -0.2) is 29.4 Å². The first kappa shape index (κ1) is 18.8. The van der Waals surface area contributed by atoms with Crippen molar-refractivity contribution in [3.63, 3.8) is 0 Å². The van der Waals surface area contributed by atoms with Crippen LogP contribution >= 0.6 is 31.9 Å². The summed E-state index contributed by atoms with van der Waals surface area (Å²) in [6.45, 7) is 0.430. The number of rotatable bonds is 4. The van der Waals surface area contributed by atoms with Gasteiger partial charge < -0.3 is 4.52 Å². The van der Waals surface area contributed by atoms with Gasteiger partial charge in [0.15, 0.2) is 0 Å². The van der Waals surface area contributed by atoms with Crippen LogP contribution in [0.3, 0.4) is 0 Å². The van der Waals surface area contributed by atoms with Crippen molar-refractivity contribution in [1.29, 1.82) is 0 Å². The van der Waals surface area contributed by atoms with Gasteiger partial charge in [0.1, 0.15) is 6.04 Å². The van der Waals surface area contributed by atoms with Gasteiger partial charge in [-0.2, -0.15) is 9.29 Å². The van der Waals surface area contributed by atoms with Crippen molar-refractivity contribution in [3.8, 4) is 11.4 Å². The van der Waals surface area contributed by atoms with Crippen molar-refractivity contribution in [2.45, 2.75) is 23.8 Å². The van der Waals surface area contributed by atoms with Crippen molar-refractivity contribution in [3.05, 3.63) is 63.4 Å². The van der Waals surface area contributed by atoms with Gasteiger partial charge in [0, 0.05) is 21.1 Å². The maximum Gasteiger partial charge on any atom is 0.245 e. The second kappa shape index (κ2) is 7.46. The van der Waals surface area contributed by atoms with Crippen LogP contribution in [0.15, 0.2) is 66.9 Å². The molecule has 0 N–H and O–H groups in total. The third-order valence-electron chi connectivity index (χ3n) is 4.45. The summed E-state index contributed by atoms with van der Waals surface area (Å²) in [5.74, 6) is 0.775. The van der Waals surface area contributed by atoms with Gasteiger partial charge in [-0.1, -0.05) is 37.0 Å². The number of halogens is 2. The highest BCUT2D eigenvalue weighted by molar-refractivity contribution is 9.10. The lowest BCUT2D eigenvalue weighted by Gasteiger charge is -2.21.